The lowest BCUT2D eigenvalue weighted by atomic mass is 9.96. The predicted octanol–water partition coefficient (Wildman–Crippen LogP) is 1.99. The number of carbonyl (C=O) groups excluding carboxylic acids is 1. The highest BCUT2D eigenvalue weighted by atomic mass is 16.5. The molecule has 0 saturated heterocycles. The lowest BCUT2D eigenvalue weighted by Gasteiger charge is -2.25. The van der Waals surface area contributed by atoms with Crippen molar-refractivity contribution in [3.8, 4) is 0 Å². The molecule has 0 aliphatic carbocycles. The minimum Gasteiger partial charge on any atom is -0.464 e. The van der Waals surface area contributed by atoms with E-state index in [-0.39, 0.29) is 6.04 Å². The predicted molar refractivity (Wildman–Crippen MR) is 68.9 cm³/mol. The van der Waals surface area contributed by atoms with Gasteiger partial charge >= 0.3 is 5.97 Å². The standard InChI is InChI=1S/C14H15N3O2/c1-19-14(18)12-7-10(5-6-16-12)13-4-2-3-11-8-15-9-17(11)13/h5-9,13H,2-4H2,1H3. The molecule has 1 aliphatic rings. The van der Waals surface area contributed by atoms with Gasteiger partial charge < -0.3 is 9.30 Å². The quantitative estimate of drug-likeness (QED) is 0.772. The fraction of sp³-hybridized carbons (Fsp3) is 0.357. The Kier molecular flexibility index (Phi) is 3.03. The molecule has 0 bridgehead atoms. The fourth-order valence-corrected chi connectivity index (χ4v) is 2.62. The molecule has 0 amide bonds. The summed E-state index contributed by atoms with van der Waals surface area (Å²) in [5.74, 6) is -0.400. The lowest BCUT2D eigenvalue weighted by Crippen LogP contribution is -2.18. The average molecular weight is 257 g/mol. The van der Waals surface area contributed by atoms with Crippen LogP contribution in [0.15, 0.2) is 30.9 Å². The molecule has 98 valence electrons. The number of aromatic nitrogens is 3. The number of ether oxygens (including phenoxy) is 1. The van der Waals surface area contributed by atoms with Crippen molar-refractivity contribution in [3.63, 3.8) is 0 Å². The highest BCUT2D eigenvalue weighted by Gasteiger charge is 2.22. The van der Waals surface area contributed by atoms with Gasteiger partial charge in [-0.3, -0.25) is 0 Å². The van der Waals surface area contributed by atoms with Gasteiger partial charge in [0.05, 0.1) is 19.5 Å². The first-order chi connectivity index (χ1) is 9.29. The van der Waals surface area contributed by atoms with Crippen LogP contribution in [0.2, 0.25) is 0 Å². The molecule has 3 rings (SSSR count). The van der Waals surface area contributed by atoms with Crippen LogP contribution in [0.25, 0.3) is 0 Å². The Balaban J connectivity index is 1.98. The van der Waals surface area contributed by atoms with E-state index in [0.29, 0.717) is 5.69 Å². The van der Waals surface area contributed by atoms with Crippen LogP contribution in [0, 0.1) is 0 Å². The zero-order chi connectivity index (χ0) is 13.2. The summed E-state index contributed by atoms with van der Waals surface area (Å²) >= 11 is 0. The number of rotatable bonds is 2. The van der Waals surface area contributed by atoms with E-state index in [1.54, 1.807) is 6.20 Å². The average Bonchev–Trinajstić information content (AvgIpc) is 2.94. The molecule has 19 heavy (non-hydrogen) atoms. The zero-order valence-electron chi connectivity index (χ0n) is 10.7. The Morgan fingerprint density at radius 2 is 2.42 bits per heavy atom. The Hall–Kier alpha value is -2.17. The van der Waals surface area contributed by atoms with Crippen LogP contribution in [0.4, 0.5) is 0 Å². The van der Waals surface area contributed by atoms with Gasteiger partial charge in [0.2, 0.25) is 0 Å². The molecular formula is C14H15N3O2. The maximum absolute atomic E-state index is 11.5. The summed E-state index contributed by atoms with van der Waals surface area (Å²) in [6.45, 7) is 0. The Morgan fingerprint density at radius 3 is 3.26 bits per heavy atom. The molecule has 3 heterocycles. The van der Waals surface area contributed by atoms with Crippen LogP contribution < -0.4 is 0 Å². The number of carbonyl (C=O) groups is 1. The SMILES string of the molecule is COC(=O)c1cc(C2CCCc3cncn32)ccn1. The van der Waals surface area contributed by atoms with Crippen molar-refractivity contribution in [2.45, 2.75) is 25.3 Å². The molecule has 0 spiro atoms. The molecule has 0 fully saturated rings. The van der Waals surface area contributed by atoms with Crippen LogP contribution in [0.5, 0.6) is 0 Å². The van der Waals surface area contributed by atoms with Crippen molar-refractivity contribution in [2.75, 3.05) is 7.11 Å². The van der Waals surface area contributed by atoms with Gasteiger partial charge in [0.15, 0.2) is 0 Å². The molecule has 1 aliphatic heterocycles. The molecule has 2 aromatic heterocycles. The number of nitrogens with zero attached hydrogens (tertiary/aromatic N) is 3. The summed E-state index contributed by atoms with van der Waals surface area (Å²) in [7, 11) is 1.37. The van der Waals surface area contributed by atoms with Gasteiger partial charge in [-0.25, -0.2) is 14.8 Å². The topological polar surface area (TPSA) is 57.0 Å². The van der Waals surface area contributed by atoms with Crippen LogP contribution in [-0.2, 0) is 11.2 Å². The van der Waals surface area contributed by atoms with Gasteiger partial charge in [0, 0.05) is 18.1 Å². The summed E-state index contributed by atoms with van der Waals surface area (Å²) in [6.07, 6.45) is 8.67. The highest BCUT2D eigenvalue weighted by molar-refractivity contribution is 5.87. The second kappa shape index (κ2) is 4.84. The maximum atomic E-state index is 11.5. The molecule has 0 N–H and O–H groups in total. The Bertz CT molecular complexity index is 606. The molecule has 0 saturated carbocycles. The van der Waals surface area contributed by atoms with E-state index in [0.717, 1.165) is 24.8 Å². The molecule has 0 aromatic carbocycles. The summed E-state index contributed by atoms with van der Waals surface area (Å²) < 4.78 is 6.89. The van der Waals surface area contributed by atoms with Gasteiger partial charge in [-0.15, -0.1) is 0 Å². The Labute approximate surface area is 111 Å². The smallest absolute Gasteiger partial charge is 0.356 e. The van der Waals surface area contributed by atoms with Crippen LogP contribution >= 0.6 is 0 Å². The van der Waals surface area contributed by atoms with Crippen molar-refractivity contribution in [1.82, 2.24) is 14.5 Å². The van der Waals surface area contributed by atoms with Gasteiger partial charge in [-0.2, -0.15) is 0 Å². The van der Waals surface area contributed by atoms with E-state index in [2.05, 4.69) is 14.5 Å². The van der Waals surface area contributed by atoms with Gasteiger partial charge in [0.25, 0.3) is 0 Å². The number of hydrogen-bond donors (Lipinski definition) is 0. The first-order valence-corrected chi connectivity index (χ1v) is 6.34. The molecule has 1 unspecified atom stereocenters. The number of fused-ring (bicyclic) bond motifs is 1. The van der Waals surface area contributed by atoms with Crippen molar-refractivity contribution in [3.05, 3.63) is 47.8 Å². The maximum Gasteiger partial charge on any atom is 0.356 e. The summed E-state index contributed by atoms with van der Waals surface area (Å²) in [5, 5.41) is 0. The molecular weight excluding hydrogens is 242 g/mol. The van der Waals surface area contributed by atoms with E-state index in [1.165, 1.54) is 12.8 Å². The number of imidazole rings is 1. The number of pyridine rings is 1. The van der Waals surface area contributed by atoms with Crippen LogP contribution in [0.1, 0.15) is 40.6 Å². The fourth-order valence-electron chi connectivity index (χ4n) is 2.62. The number of hydrogen-bond acceptors (Lipinski definition) is 4. The first-order valence-electron chi connectivity index (χ1n) is 6.34. The van der Waals surface area contributed by atoms with Crippen molar-refractivity contribution >= 4 is 5.97 Å². The third-order valence-electron chi connectivity index (χ3n) is 3.56. The summed E-state index contributed by atoms with van der Waals surface area (Å²) in [6, 6.07) is 4.00. The normalized spacial score (nSPS) is 17.8. The minimum atomic E-state index is -0.400. The first kappa shape index (κ1) is 11.9. The number of methoxy groups -OCH3 is 1. The largest absolute Gasteiger partial charge is 0.464 e. The minimum absolute atomic E-state index is 0.234. The molecule has 5 nitrogen and oxygen atoms in total. The van der Waals surface area contributed by atoms with Crippen LogP contribution in [-0.4, -0.2) is 27.6 Å². The highest BCUT2D eigenvalue weighted by Crippen LogP contribution is 2.30. The number of esters is 1. The van der Waals surface area contributed by atoms with Gasteiger partial charge in [-0.1, -0.05) is 0 Å². The van der Waals surface area contributed by atoms with E-state index in [4.69, 9.17) is 4.74 Å². The van der Waals surface area contributed by atoms with Crippen LogP contribution in [0.3, 0.4) is 0 Å². The zero-order valence-corrected chi connectivity index (χ0v) is 10.7. The molecule has 0 radical (unpaired) electrons. The van der Waals surface area contributed by atoms with Gasteiger partial charge in [-0.05, 0) is 37.0 Å². The molecule has 1 atom stereocenters. The summed E-state index contributed by atoms with van der Waals surface area (Å²) in [5.41, 5.74) is 2.68. The van der Waals surface area contributed by atoms with E-state index in [9.17, 15) is 4.79 Å². The van der Waals surface area contributed by atoms with E-state index < -0.39 is 5.97 Å². The van der Waals surface area contributed by atoms with Crippen molar-refractivity contribution < 1.29 is 9.53 Å². The van der Waals surface area contributed by atoms with Crippen molar-refractivity contribution in [1.29, 1.82) is 0 Å². The van der Waals surface area contributed by atoms with Gasteiger partial charge in [0.1, 0.15) is 5.69 Å². The lowest BCUT2D eigenvalue weighted by molar-refractivity contribution is 0.0594. The third kappa shape index (κ3) is 2.12. The number of aryl methyl sites for hydroxylation is 1. The van der Waals surface area contributed by atoms with Crippen molar-refractivity contribution in [2.24, 2.45) is 0 Å². The monoisotopic (exact) mass is 257 g/mol. The van der Waals surface area contributed by atoms with E-state index >= 15 is 0 Å². The second-order valence-corrected chi connectivity index (χ2v) is 4.67. The Morgan fingerprint density at radius 1 is 1.53 bits per heavy atom. The summed E-state index contributed by atoms with van der Waals surface area (Å²) in [4.78, 5) is 19.8. The molecule has 5 heteroatoms. The molecule has 2 aromatic rings. The second-order valence-electron chi connectivity index (χ2n) is 4.67. The van der Waals surface area contributed by atoms with E-state index in [1.807, 2.05) is 24.7 Å². The third-order valence-corrected chi connectivity index (χ3v) is 3.56.